The molecular formula is C28H33N3O4S. The van der Waals surface area contributed by atoms with Gasteiger partial charge in [0.1, 0.15) is 12.3 Å². The SMILES string of the molecule is CCOc1ccc(N(CC(=O)NCc2ccccc2CN2CCCC2)S(=O)(=O)c2ccccc2)cc1. The summed E-state index contributed by atoms with van der Waals surface area (Å²) in [7, 11) is -3.96. The van der Waals surface area contributed by atoms with Crippen LogP contribution in [0.1, 0.15) is 30.9 Å². The fraction of sp³-hybridized carbons (Fsp3) is 0.321. The molecule has 1 amide bonds. The highest BCUT2D eigenvalue weighted by molar-refractivity contribution is 7.92. The zero-order valence-corrected chi connectivity index (χ0v) is 21.4. The zero-order chi connectivity index (χ0) is 25.4. The number of nitrogens with zero attached hydrogens (tertiary/aromatic N) is 2. The van der Waals surface area contributed by atoms with Crippen molar-refractivity contribution >= 4 is 21.6 Å². The molecule has 1 heterocycles. The van der Waals surface area contributed by atoms with Crippen LogP contribution < -0.4 is 14.4 Å². The number of carbonyl (C=O) groups excluding carboxylic acids is 1. The molecular weight excluding hydrogens is 474 g/mol. The number of ether oxygens (including phenoxy) is 1. The summed E-state index contributed by atoms with van der Waals surface area (Å²) in [4.78, 5) is 15.6. The number of amides is 1. The Morgan fingerprint density at radius 2 is 1.56 bits per heavy atom. The third-order valence-corrected chi connectivity index (χ3v) is 8.03. The van der Waals surface area contributed by atoms with Crippen LogP contribution >= 0.6 is 0 Å². The van der Waals surface area contributed by atoms with E-state index in [1.165, 1.54) is 30.5 Å². The van der Waals surface area contributed by atoms with Crippen LogP contribution in [-0.2, 0) is 27.9 Å². The lowest BCUT2D eigenvalue weighted by Gasteiger charge is -2.24. The van der Waals surface area contributed by atoms with E-state index in [9.17, 15) is 13.2 Å². The minimum Gasteiger partial charge on any atom is -0.494 e. The molecule has 190 valence electrons. The molecule has 3 aromatic carbocycles. The van der Waals surface area contributed by atoms with Gasteiger partial charge < -0.3 is 10.1 Å². The molecule has 0 unspecified atom stereocenters. The van der Waals surface area contributed by atoms with Gasteiger partial charge in [-0.05, 0) is 80.4 Å². The summed E-state index contributed by atoms with van der Waals surface area (Å²) < 4.78 is 33.6. The number of benzene rings is 3. The van der Waals surface area contributed by atoms with Crippen molar-refractivity contribution in [1.82, 2.24) is 10.2 Å². The second-order valence-electron chi connectivity index (χ2n) is 8.78. The quantitative estimate of drug-likeness (QED) is 0.421. The average molecular weight is 508 g/mol. The maximum Gasteiger partial charge on any atom is 0.264 e. The van der Waals surface area contributed by atoms with E-state index < -0.39 is 10.0 Å². The molecule has 1 fully saturated rings. The Balaban J connectivity index is 1.51. The molecule has 8 heteroatoms. The third-order valence-electron chi connectivity index (χ3n) is 6.24. The highest BCUT2D eigenvalue weighted by Gasteiger charge is 2.27. The van der Waals surface area contributed by atoms with Crippen molar-refractivity contribution in [3.63, 3.8) is 0 Å². The van der Waals surface area contributed by atoms with Crippen molar-refractivity contribution in [2.45, 2.75) is 37.8 Å². The molecule has 1 saturated heterocycles. The Bertz CT molecular complexity index is 1240. The molecule has 1 aliphatic heterocycles. The molecule has 7 nitrogen and oxygen atoms in total. The van der Waals surface area contributed by atoms with Gasteiger partial charge >= 0.3 is 0 Å². The van der Waals surface area contributed by atoms with E-state index in [0.29, 0.717) is 24.6 Å². The summed E-state index contributed by atoms with van der Waals surface area (Å²) in [6.07, 6.45) is 2.44. The topological polar surface area (TPSA) is 79.0 Å². The molecule has 0 radical (unpaired) electrons. The second-order valence-corrected chi connectivity index (χ2v) is 10.6. The van der Waals surface area contributed by atoms with Gasteiger partial charge in [0.05, 0.1) is 17.2 Å². The summed E-state index contributed by atoms with van der Waals surface area (Å²) in [5.74, 6) is 0.261. The van der Waals surface area contributed by atoms with Crippen LogP contribution in [0.15, 0.2) is 83.8 Å². The van der Waals surface area contributed by atoms with E-state index in [1.54, 1.807) is 42.5 Å². The average Bonchev–Trinajstić information content (AvgIpc) is 3.41. The highest BCUT2D eigenvalue weighted by atomic mass is 32.2. The molecule has 3 aromatic rings. The lowest BCUT2D eigenvalue weighted by molar-refractivity contribution is -0.119. The van der Waals surface area contributed by atoms with Crippen LogP contribution in [-0.4, -0.2) is 45.5 Å². The molecule has 4 rings (SSSR count). The molecule has 0 aliphatic carbocycles. The van der Waals surface area contributed by atoms with E-state index in [4.69, 9.17) is 4.74 Å². The standard InChI is InChI=1S/C28H33N3O4S/c1-2-35-26-16-14-25(15-17-26)31(36(33,34)27-12-4-3-5-13-27)22-28(32)29-20-23-10-6-7-11-24(23)21-30-18-8-9-19-30/h3-7,10-17H,2,8-9,18-22H2,1H3,(H,29,32). The predicted octanol–water partition coefficient (Wildman–Crippen LogP) is 4.19. The van der Waals surface area contributed by atoms with Crippen LogP contribution in [0.5, 0.6) is 5.75 Å². The highest BCUT2D eigenvalue weighted by Crippen LogP contribution is 2.26. The van der Waals surface area contributed by atoms with E-state index in [-0.39, 0.29) is 17.3 Å². The number of hydrogen-bond acceptors (Lipinski definition) is 5. The second kappa shape index (κ2) is 12.1. The summed E-state index contributed by atoms with van der Waals surface area (Å²) in [5.41, 5.74) is 2.61. The molecule has 0 bridgehead atoms. The van der Waals surface area contributed by atoms with E-state index in [1.807, 2.05) is 25.1 Å². The lowest BCUT2D eigenvalue weighted by Crippen LogP contribution is -2.40. The van der Waals surface area contributed by atoms with Crippen molar-refractivity contribution in [3.8, 4) is 5.75 Å². The monoisotopic (exact) mass is 507 g/mol. The van der Waals surface area contributed by atoms with Gasteiger partial charge in [-0.1, -0.05) is 42.5 Å². The fourth-order valence-corrected chi connectivity index (χ4v) is 5.80. The Labute approximate surface area is 213 Å². The molecule has 0 spiro atoms. The van der Waals surface area contributed by atoms with Crippen molar-refractivity contribution in [3.05, 3.63) is 90.0 Å². The van der Waals surface area contributed by atoms with Crippen LogP contribution in [0.2, 0.25) is 0 Å². The number of sulfonamides is 1. The van der Waals surface area contributed by atoms with Crippen LogP contribution in [0, 0.1) is 0 Å². The number of rotatable bonds is 11. The number of carbonyl (C=O) groups is 1. The maximum atomic E-state index is 13.5. The van der Waals surface area contributed by atoms with Crippen LogP contribution in [0.3, 0.4) is 0 Å². The van der Waals surface area contributed by atoms with E-state index in [0.717, 1.165) is 29.5 Å². The Kier molecular flexibility index (Phi) is 8.61. The predicted molar refractivity (Wildman–Crippen MR) is 141 cm³/mol. The van der Waals surface area contributed by atoms with Crippen molar-refractivity contribution in [2.75, 3.05) is 30.5 Å². The minimum absolute atomic E-state index is 0.127. The summed E-state index contributed by atoms with van der Waals surface area (Å²) in [6.45, 7) is 5.43. The van der Waals surface area contributed by atoms with Gasteiger partial charge in [0.15, 0.2) is 0 Å². The first-order valence-corrected chi connectivity index (χ1v) is 13.8. The van der Waals surface area contributed by atoms with Gasteiger partial charge in [-0.3, -0.25) is 14.0 Å². The summed E-state index contributed by atoms with van der Waals surface area (Å²) >= 11 is 0. The number of anilines is 1. The van der Waals surface area contributed by atoms with Gasteiger partial charge in [0.25, 0.3) is 10.0 Å². The van der Waals surface area contributed by atoms with Gasteiger partial charge in [-0.25, -0.2) is 8.42 Å². The Hall–Kier alpha value is -3.36. The molecule has 0 saturated carbocycles. The first kappa shape index (κ1) is 25.7. The number of likely N-dealkylation sites (tertiary alicyclic amines) is 1. The Morgan fingerprint density at radius 1 is 0.917 bits per heavy atom. The molecule has 0 aromatic heterocycles. The van der Waals surface area contributed by atoms with Gasteiger partial charge in [0.2, 0.25) is 5.91 Å². The summed E-state index contributed by atoms with van der Waals surface area (Å²) in [5, 5.41) is 2.93. The smallest absolute Gasteiger partial charge is 0.264 e. The molecule has 0 atom stereocenters. The molecule has 1 aliphatic rings. The van der Waals surface area contributed by atoms with Gasteiger partial charge in [-0.15, -0.1) is 0 Å². The van der Waals surface area contributed by atoms with Crippen molar-refractivity contribution < 1.29 is 17.9 Å². The molecule has 1 N–H and O–H groups in total. The van der Waals surface area contributed by atoms with Gasteiger partial charge in [-0.2, -0.15) is 0 Å². The van der Waals surface area contributed by atoms with E-state index >= 15 is 0 Å². The molecule has 36 heavy (non-hydrogen) atoms. The first-order chi connectivity index (χ1) is 17.5. The number of hydrogen-bond donors (Lipinski definition) is 1. The third kappa shape index (κ3) is 6.44. The lowest BCUT2D eigenvalue weighted by atomic mass is 10.1. The number of nitrogens with one attached hydrogen (secondary N) is 1. The van der Waals surface area contributed by atoms with Crippen LogP contribution in [0.4, 0.5) is 5.69 Å². The van der Waals surface area contributed by atoms with E-state index in [2.05, 4.69) is 16.3 Å². The normalized spacial score (nSPS) is 13.9. The minimum atomic E-state index is -3.96. The Morgan fingerprint density at radius 3 is 2.22 bits per heavy atom. The first-order valence-electron chi connectivity index (χ1n) is 12.3. The van der Waals surface area contributed by atoms with Crippen molar-refractivity contribution in [2.24, 2.45) is 0 Å². The van der Waals surface area contributed by atoms with Gasteiger partial charge in [0, 0.05) is 13.1 Å². The largest absolute Gasteiger partial charge is 0.494 e. The van der Waals surface area contributed by atoms with Crippen molar-refractivity contribution in [1.29, 1.82) is 0 Å². The maximum absolute atomic E-state index is 13.5. The zero-order valence-electron chi connectivity index (χ0n) is 20.6. The fourth-order valence-electron chi connectivity index (χ4n) is 4.36. The van der Waals surface area contributed by atoms with Crippen LogP contribution in [0.25, 0.3) is 0 Å². The summed E-state index contributed by atoms with van der Waals surface area (Å²) in [6, 6.07) is 23.0.